The molecule has 0 fully saturated rings. The fraction of sp³-hybridized carbons (Fsp3) is 0.500. The van der Waals surface area contributed by atoms with Crippen LogP contribution in [0.1, 0.15) is 32.8 Å². The summed E-state index contributed by atoms with van der Waals surface area (Å²) in [5.41, 5.74) is 4.13. The summed E-state index contributed by atoms with van der Waals surface area (Å²) in [5, 5.41) is 19.2. The van der Waals surface area contributed by atoms with Crippen LogP contribution in [0.4, 0.5) is 0 Å². The Balaban J connectivity index is 0.000000327. The van der Waals surface area contributed by atoms with E-state index in [2.05, 4.69) is 17.9 Å². The molecule has 4 heteroatoms. The van der Waals surface area contributed by atoms with Gasteiger partial charge in [0, 0.05) is 16.9 Å². The second-order valence-corrected chi connectivity index (χ2v) is 4.96. The van der Waals surface area contributed by atoms with Crippen molar-refractivity contribution in [2.24, 2.45) is 5.41 Å². The summed E-state index contributed by atoms with van der Waals surface area (Å²) < 4.78 is 0. The second kappa shape index (κ2) is 7.84. The molecule has 102 valence electrons. The molecule has 0 spiro atoms. The molecular formula is C14H23NO3. The van der Waals surface area contributed by atoms with Crippen LogP contribution in [0.25, 0.3) is 0 Å². The lowest BCUT2D eigenvalue weighted by Crippen LogP contribution is -2.47. The number of benzene rings is 1. The number of aliphatic carboxylic acids is 1. The van der Waals surface area contributed by atoms with E-state index in [1.54, 1.807) is 6.92 Å². The van der Waals surface area contributed by atoms with E-state index in [1.807, 2.05) is 18.2 Å². The van der Waals surface area contributed by atoms with Crippen molar-refractivity contribution in [2.45, 2.75) is 39.8 Å². The first-order valence-corrected chi connectivity index (χ1v) is 6.02. The van der Waals surface area contributed by atoms with E-state index in [0.29, 0.717) is 0 Å². The normalized spacial score (nSPS) is 12.3. The van der Waals surface area contributed by atoms with Crippen molar-refractivity contribution in [3.05, 3.63) is 35.9 Å². The highest BCUT2D eigenvalue weighted by Crippen LogP contribution is 2.20. The third-order valence-electron chi connectivity index (χ3n) is 2.49. The molecule has 0 aliphatic heterocycles. The number of carbonyl (C=O) groups excluding carboxylic acids is 1. The summed E-state index contributed by atoms with van der Waals surface area (Å²) in [5.74, 6) is -1.12. The molecule has 0 saturated heterocycles. The van der Waals surface area contributed by atoms with E-state index in [1.165, 1.54) is 19.4 Å². The molecule has 1 rings (SSSR count). The van der Waals surface area contributed by atoms with Crippen LogP contribution in [0.2, 0.25) is 0 Å². The van der Waals surface area contributed by atoms with Crippen LogP contribution in [0.3, 0.4) is 0 Å². The highest BCUT2D eigenvalue weighted by Gasteiger charge is 2.21. The second-order valence-electron chi connectivity index (χ2n) is 4.96. The lowest BCUT2D eigenvalue weighted by Gasteiger charge is -2.26. The zero-order chi connectivity index (χ0) is 14.2. The molecule has 1 atom stereocenters. The van der Waals surface area contributed by atoms with Gasteiger partial charge in [0.1, 0.15) is 0 Å². The van der Waals surface area contributed by atoms with Gasteiger partial charge in [-0.1, -0.05) is 44.2 Å². The smallest absolute Gasteiger partial charge is 0.0997 e. The number of carboxylic acid groups (broad SMARTS) is 1. The summed E-state index contributed by atoms with van der Waals surface area (Å²) >= 11 is 0. The van der Waals surface area contributed by atoms with Crippen LogP contribution in [0, 0.1) is 5.41 Å². The molecule has 0 radical (unpaired) electrons. The zero-order valence-electron chi connectivity index (χ0n) is 11.3. The molecular weight excluding hydrogens is 230 g/mol. The van der Waals surface area contributed by atoms with Gasteiger partial charge in [-0.05, 0) is 13.3 Å². The Morgan fingerprint density at radius 1 is 1.39 bits per heavy atom. The van der Waals surface area contributed by atoms with Gasteiger partial charge in [-0.15, -0.1) is 0 Å². The average Bonchev–Trinajstić information content (AvgIpc) is 2.29. The predicted octanol–water partition coefficient (Wildman–Crippen LogP) is -0.0381. The third-order valence-corrected chi connectivity index (χ3v) is 2.49. The number of hydrogen-bond acceptors (Lipinski definition) is 3. The van der Waals surface area contributed by atoms with Gasteiger partial charge < -0.3 is 20.7 Å². The number of rotatable bonds is 4. The largest absolute Gasteiger partial charge is 0.550 e. The fourth-order valence-electron chi connectivity index (χ4n) is 1.47. The van der Waals surface area contributed by atoms with Crippen LogP contribution < -0.4 is 10.8 Å². The van der Waals surface area contributed by atoms with Crippen molar-refractivity contribution in [1.29, 1.82) is 0 Å². The van der Waals surface area contributed by atoms with E-state index in [-0.39, 0.29) is 6.42 Å². The van der Waals surface area contributed by atoms with Crippen molar-refractivity contribution in [3.8, 4) is 0 Å². The molecule has 1 unspecified atom stereocenters. The maximum absolute atomic E-state index is 10.3. The Morgan fingerprint density at radius 3 is 2.11 bits per heavy atom. The monoisotopic (exact) mass is 253 g/mol. The third kappa shape index (κ3) is 7.04. The van der Waals surface area contributed by atoms with Gasteiger partial charge in [0.15, 0.2) is 0 Å². The molecule has 0 bridgehead atoms. The van der Waals surface area contributed by atoms with Crippen LogP contribution in [0.15, 0.2) is 30.3 Å². The number of aliphatic hydroxyl groups excluding tert-OH is 1. The Bertz CT molecular complexity index is 347. The van der Waals surface area contributed by atoms with Crippen molar-refractivity contribution in [2.75, 3.05) is 0 Å². The SMILES string of the molecule is CC(O)CC(C)(C)C(=O)[O-].[NH3+]Cc1ccccc1. The van der Waals surface area contributed by atoms with Gasteiger partial charge in [-0.3, -0.25) is 0 Å². The number of quaternary nitrogens is 1. The van der Waals surface area contributed by atoms with Gasteiger partial charge in [-0.25, -0.2) is 0 Å². The van der Waals surface area contributed by atoms with Crippen LogP contribution in [0.5, 0.6) is 0 Å². The van der Waals surface area contributed by atoms with Gasteiger partial charge in [0.25, 0.3) is 0 Å². The van der Waals surface area contributed by atoms with Crippen molar-refractivity contribution in [3.63, 3.8) is 0 Å². The molecule has 0 amide bonds. The topological polar surface area (TPSA) is 88.0 Å². The molecule has 0 heterocycles. The lowest BCUT2D eigenvalue weighted by molar-refractivity contribution is -0.386. The number of carboxylic acids is 1. The Kier molecular flexibility index (Phi) is 7.24. The maximum atomic E-state index is 10.3. The minimum absolute atomic E-state index is 0.231. The Hall–Kier alpha value is -1.39. The summed E-state index contributed by atoms with van der Waals surface area (Å²) in [4.78, 5) is 10.3. The first-order chi connectivity index (χ1) is 8.29. The van der Waals surface area contributed by atoms with Crippen LogP contribution in [-0.2, 0) is 11.3 Å². The molecule has 0 aromatic heterocycles. The minimum atomic E-state index is -1.12. The average molecular weight is 253 g/mol. The van der Waals surface area contributed by atoms with E-state index < -0.39 is 17.5 Å². The molecule has 0 aliphatic carbocycles. The first kappa shape index (κ1) is 16.6. The van der Waals surface area contributed by atoms with Crippen molar-refractivity contribution >= 4 is 5.97 Å². The number of aliphatic hydroxyl groups is 1. The summed E-state index contributed by atoms with van der Waals surface area (Å²) in [6.45, 7) is 5.52. The zero-order valence-corrected chi connectivity index (χ0v) is 11.3. The van der Waals surface area contributed by atoms with Gasteiger partial charge in [0.2, 0.25) is 0 Å². The quantitative estimate of drug-likeness (QED) is 0.789. The lowest BCUT2D eigenvalue weighted by atomic mass is 9.87. The van der Waals surface area contributed by atoms with Crippen LogP contribution >= 0.6 is 0 Å². The standard InChI is InChI=1S/C7H9N.C7H14O3/c8-6-7-4-2-1-3-5-7;1-5(8)4-7(2,3)6(9)10/h1-5H,6,8H2;5,8H,4H2,1-3H3,(H,9,10). The molecule has 4 nitrogen and oxygen atoms in total. The Labute approximate surface area is 108 Å². The first-order valence-electron chi connectivity index (χ1n) is 6.02. The highest BCUT2D eigenvalue weighted by atomic mass is 16.4. The molecule has 0 aliphatic rings. The van der Waals surface area contributed by atoms with E-state index in [9.17, 15) is 9.90 Å². The maximum Gasteiger partial charge on any atom is 0.0997 e. The molecule has 18 heavy (non-hydrogen) atoms. The molecule has 0 saturated carbocycles. The molecule has 4 N–H and O–H groups in total. The molecule has 1 aromatic rings. The van der Waals surface area contributed by atoms with Gasteiger partial charge in [-0.2, -0.15) is 0 Å². The predicted molar refractivity (Wildman–Crippen MR) is 68.1 cm³/mol. The van der Waals surface area contributed by atoms with Gasteiger partial charge in [0.05, 0.1) is 12.6 Å². The van der Waals surface area contributed by atoms with Crippen molar-refractivity contribution < 1.29 is 20.7 Å². The fourth-order valence-corrected chi connectivity index (χ4v) is 1.47. The summed E-state index contributed by atoms with van der Waals surface area (Å²) in [6, 6.07) is 10.2. The van der Waals surface area contributed by atoms with Gasteiger partial charge >= 0.3 is 0 Å². The number of hydrogen-bond donors (Lipinski definition) is 2. The summed E-state index contributed by atoms with van der Waals surface area (Å²) in [6.07, 6.45) is -0.358. The van der Waals surface area contributed by atoms with E-state index >= 15 is 0 Å². The molecule has 1 aromatic carbocycles. The highest BCUT2D eigenvalue weighted by molar-refractivity contribution is 5.71. The van der Waals surface area contributed by atoms with Crippen molar-refractivity contribution in [1.82, 2.24) is 0 Å². The van der Waals surface area contributed by atoms with Crippen LogP contribution in [-0.4, -0.2) is 17.2 Å². The Morgan fingerprint density at radius 2 is 1.89 bits per heavy atom. The summed E-state index contributed by atoms with van der Waals surface area (Å²) in [7, 11) is 0. The van der Waals surface area contributed by atoms with E-state index in [4.69, 9.17) is 5.11 Å². The van der Waals surface area contributed by atoms with E-state index in [0.717, 1.165) is 6.54 Å². The number of carbonyl (C=O) groups is 1. The minimum Gasteiger partial charge on any atom is -0.550 e.